The van der Waals surface area contributed by atoms with Crippen molar-refractivity contribution >= 4 is 39.6 Å². The predicted octanol–water partition coefficient (Wildman–Crippen LogP) is 3.05. The highest BCUT2D eigenvalue weighted by atomic mass is 35.5. The molecular weight excluding hydrogens is 452 g/mol. The largest absolute Gasteiger partial charge is 0.452 e. The van der Waals surface area contributed by atoms with Crippen LogP contribution in [0.2, 0.25) is 5.02 Å². The number of esters is 1. The number of ether oxygens (including phenoxy) is 1. The van der Waals surface area contributed by atoms with Crippen molar-refractivity contribution in [3.8, 4) is 0 Å². The molecule has 0 N–H and O–H groups in total. The summed E-state index contributed by atoms with van der Waals surface area (Å²) < 4.78 is 32.3. The van der Waals surface area contributed by atoms with E-state index in [4.69, 9.17) is 16.3 Å². The number of nitrogens with zero attached hydrogens (tertiary/aromatic N) is 2. The lowest BCUT2D eigenvalue weighted by Crippen LogP contribution is -2.51. The molecule has 1 heterocycles. The minimum absolute atomic E-state index is 0.186. The number of amides is 1. The Balaban J connectivity index is 1.49. The molecule has 1 amide bonds. The van der Waals surface area contributed by atoms with Crippen molar-refractivity contribution in [2.75, 3.05) is 32.8 Å². The predicted molar refractivity (Wildman–Crippen MR) is 123 cm³/mol. The first-order valence-electron chi connectivity index (χ1n) is 10.1. The van der Waals surface area contributed by atoms with Crippen LogP contribution in [0.3, 0.4) is 0 Å². The van der Waals surface area contributed by atoms with Crippen molar-refractivity contribution in [1.82, 2.24) is 9.21 Å². The Labute approximate surface area is 193 Å². The van der Waals surface area contributed by atoms with E-state index in [1.807, 2.05) is 13.0 Å². The van der Waals surface area contributed by atoms with Crippen LogP contribution in [-0.2, 0) is 24.3 Å². The first-order chi connectivity index (χ1) is 15.2. The van der Waals surface area contributed by atoms with Gasteiger partial charge in [0.1, 0.15) is 0 Å². The number of sulfonamides is 1. The molecule has 32 heavy (non-hydrogen) atoms. The van der Waals surface area contributed by atoms with Crippen LogP contribution in [0, 0.1) is 13.8 Å². The molecule has 0 unspecified atom stereocenters. The summed E-state index contributed by atoms with van der Waals surface area (Å²) >= 11 is 5.82. The third kappa shape index (κ3) is 5.97. The zero-order valence-corrected chi connectivity index (χ0v) is 19.5. The maximum Gasteiger partial charge on any atom is 0.331 e. The first kappa shape index (κ1) is 24.0. The molecule has 170 valence electrons. The van der Waals surface area contributed by atoms with Gasteiger partial charge in [0.15, 0.2) is 6.61 Å². The summed E-state index contributed by atoms with van der Waals surface area (Å²) in [5.74, 6) is -0.994. The van der Waals surface area contributed by atoms with Crippen molar-refractivity contribution in [1.29, 1.82) is 0 Å². The van der Waals surface area contributed by atoms with Crippen LogP contribution in [-0.4, -0.2) is 62.3 Å². The third-order valence-electron chi connectivity index (χ3n) is 5.16. The molecule has 7 nitrogen and oxygen atoms in total. The summed E-state index contributed by atoms with van der Waals surface area (Å²) in [7, 11) is -3.63. The van der Waals surface area contributed by atoms with Crippen LogP contribution in [0.25, 0.3) is 6.08 Å². The van der Waals surface area contributed by atoms with Crippen molar-refractivity contribution in [3.05, 3.63) is 70.3 Å². The van der Waals surface area contributed by atoms with E-state index in [2.05, 4.69) is 0 Å². The quantitative estimate of drug-likeness (QED) is 0.472. The molecule has 0 atom stereocenters. The van der Waals surface area contributed by atoms with E-state index < -0.39 is 22.6 Å². The fourth-order valence-corrected chi connectivity index (χ4v) is 5.17. The number of carbonyl (C=O) groups is 2. The van der Waals surface area contributed by atoms with Crippen LogP contribution >= 0.6 is 11.6 Å². The molecule has 1 fully saturated rings. The maximum absolute atomic E-state index is 13.0. The number of carbonyl (C=O) groups excluding carboxylic acids is 2. The smallest absolute Gasteiger partial charge is 0.331 e. The molecule has 0 spiro atoms. The lowest BCUT2D eigenvalue weighted by atomic mass is 10.2. The van der Waals surface area contributed by atoms with Crippen molar-refractivity contribution in [3.63, 3.8) is 0 Å². The highest BCUT2D eigenvalue weighted by Crippen LogP contribution is 2.22. The summed E-state index contributed by atoms with van der Waals surface area (Å²) in [6.45, 7) is 4.14. The normalized spacial score (nSPS) is 15.2. The van der Waals surface area contributed by atoms with Gasteiger partial charge in [0.05, 0.1) is 4.90 Å². The number of hydrogen-bond acceptors (Lipinski definition) is 5. The molecule has 1 aliphatic heterocycles. The molecule has 1 aliphatic rings. The molecule has 0 saturated carbocycles. The Morgan fingerprint density at radius 2 is 1.69 bits per heavy atom. The standard InChI is InChI=1S/C23H25ClN2O5S/c1-17-3-9-21(18(2)15-17)32(29,30)26-13-11-25(12-14-26)22(27)16-31-23(28)10-6-19-4-7-20(24)8-5-19/h3-10,15H,11-14,16H2,1-2H3/b10-6+. The van der Waals surface area contributed by atoms with Crippen LogP contribution < -0.4 is 0 Å². The topological polar surface area (TPSA) is 84.0 Å². The van der Waals surface area contributed by atoms with Gasteiger partial charge in [-0.15, -0.1) is 0 Å². The Bertz CT molecular complexity index is 1120. The van der Waals surface area contributed by atoms with Gasteiger partial charge in [-0.1, -0.05) is 41.4 Å². The lowest BCUT2D eigenvalue weighted by Gasteiger charge is -2.34. The molecule has 0 radical (unpaired) electrons. The number of piperazine rings is 1. The van der Waals surface area contributed by atoms with E-state index in [9.17, 15) is 18.0 Å². The van der Waals surface area contributed by atoms with Crippen molar-refractivity contribution in [2.24, 2.45) is 0 Å². The molecule has 2 aromatic rings. The van der Waals surface area contributed by atoms with Crippen LogP contribution in [0.15, 0.2) is 53.4 Å². The number of benzene rings is 2. The second kappa shape index (κ2) is 10.3. The van der Waals surface area contributed by atoms with Gasteiger partial charge in [-0.2, -0.15) is 4.31 Å². The van der Waals surface area contributed by atoms with Gasteiger partial charge in [0.25, 0.3) is 5.91 Å². The first-order valence-corrected chi connectivity index (χ1v) is 11.9. The van der Waals surface area contributed by atoms with Gasteiger partial charge in [-0.25, -0.2) is 13.2 Å². The van der Waals surface area contributed by atoms with Crippen LogP contribution in [0.5, 0.6) is 0 Å². The molecule has 1 saturated heterocycles. The number of rotatable bonds is 6. The number of aryl methyl sites for hydroxylation is 2. The van der Waals surface area contributed by atoms with Crippen molar-refractivity contribution < 1.29 is 22.7 Å². The SMILES string of the molecule is Cc1ccc(S(=O)(=O)N2CCN(C(=O)COC(=O)/C=C/c3ccc(Cl)cc3)CC2)c(C)c1. The average molecular weight is 477 g/mol. The molecule has 0 bridgehead atoms. The molecule has 0 aromatic heterocycles. The molecule has 9 heteroatoms. The average Bonchev–Trinajstić information content (AvgIpc) is 2.77. The summed E-state index contributed by atoms with van der Waals surface area (Å²) in [4.78, 5) is 26.0. The van der Waals surface area contributed by atoms with Gasteiger partial charge >= 0.3 is 5.97 Å². The van der Waals surface area contributed by atoms with E-state index in [1.54, 1.807) is 49.4 Å². The van der Waals surface area contributed by atoms with E-state index in [0.29, 0.717) is 10.6 Å². The van der Waals surface area contributed by atoms with Gasteiger partial charge in [0, 0.05) is 37.3 Å². The zero-order valence-electron chi connectivity index (χ0n) is 18.0. The fraction of sp³-hybridized carbons (Fsp3) is 0.304. The third-order valence-corrected chi connectivity index (χ3v) is 7.47. The minimum atomic E-state index is -3.63. The van der Waals surface area contributed by atoms with Crippen molar-refractivity contribution in [2.45, 2.75) is 18.7 Å². The summed E-state index contributed by atoms with van der Waals surface area (Å²) in [6.07, 6.45) is 2.81. The summed E-state index contributed by atoms with van der Waals surface area (Å²) in [5.41, 5.74) is 2.47. The van der Waals surface area contributed by atoms with E-state index in [-0.39, 0.29) is 37.0 Å². The van der Waals surface area contributed by atoms with Crippen LogP contribution in [0.4, 0.5) is 0 Å². The van der Waals surface area contributed by atoms with E-state index in [1.165, 1.54) is 15.3 Å². The molecule has 3 rings (SSSR count). The molecule has 2 aromatic carbocycles. The molecular formula is C23H25ClN2O5S. The summed E-state index contributed by atoms with van der Waals surface area (Å²) in [6, 6.07) is 12.1. The summed E-state index contributed by atoms with van der Waals surface area (Å²) in [5, 5.41) is 0.595. The van der Waals surface area contributed by atoms with E-state index >= 15 is 0 Å². The Morgan fingerprint density at radius 1 is 1.03 bits per heavy atom. The highest BCUT2D eigenvalue weighted by Gasteiger charge is 2.31. The van der Waals surface area contributed by atoms with E-state index in [0.717, 1.165) is 11.1 Å². The van der Waals surface area contributed by atoms with Crippen LogP contribution in [0.1, 0.15) is 16.7 Å². The number of hydrogen-bond donors (Lipinski definition) is 0. The fourth-order valence-electron chi connectivity index (χ4n) is 3.42. The lowest BCUT2D eigenvalue weighted by molar-refractivity contribution is -0.148. The van der Waals surface area contributed by atoms with Gasteiger partial charge in [-0.3, -0.25) is 4.79 Å². The van der Waals surface area contributed by atoms with Gasteiger partial charge < -0.3 is 9.64 Å². The molecule has 0 aliphatic carbocycles. The second-order valence-corrected chi connectivity index (χ2v) is 9.89. The monoisotopic (exact) mass is 476 g/mol. The Hall–Kier alpha value is -2.68. The zero-order chi connectivity index (χ0) is 23.3. The second-order valence-electron chi connectivity index (χ2n) is 7.55. The van der Waals surface area contributed by atoms with Gasteiger partial charge in [0.2, 0.25) is 10.0 Å². The number of halogens is 1. The van der Waals surface area contributed by atoms with Gasteiger partial charge in [-0.05, 0) is 49.2 Å². The Kier molecular flexibility index (Phi) is 7.71. The minimum Gasteiger partial charge on any atom is -0.452 e. The highest BCUT2D eigenvalue weighted by molar-refractivity contribution is 7.89. The maximum atomic E-state index is 13.0. The Morgan fingerprint density at radius 3 is 2.31 bits per heavy atom.